The molecular formula is C22H18N6. The number of benzene rings is 2. The Balaban J connectivity index is 1.45. The summed E-state index contributed by atoms with van der Waals surface area (Å²) in [5, 5.41) is 6.51. The summed E-state index contributed by atoms with van der Waals surface area (Å²) in [4.78, 5) is 18.4. The summed E-state index contributed by atoms with van der Waals surface area (Å²) in [7, 11) is 0. The molecule has 2 heterocycles. The van der Waals surface area contributed by atoms with Gasteiger partial charge in [-0.25, -0.2) is 19.9 Å². The molecule has 136 valence electrons. The Hall–Kier alpha value is -3.80. The summed E-state index contributed by atoms with van der Waals surface area (Å²) >= 11 is 0. The largest absolute Gasteiger partial charge is 0.324 e. The fourth-order valence-electron chi connectivity index (χ4n) is 3.30. The van der Waals surface area contributed by atoms with Crippen molar-refractivity contribution >= 4 is 23.3 Å². The van der Waals surface area contributed by atoms with Gasteiger partial charge in [-0.1, -0.05) is 36.4 Å². The van der Waals surface area contributed by atoms with Crippen molar-refractivity contribution in [2.45, 2.75) is 12.8 Å². The van der Waals surface area contributed by atoms with Crippen LogP contribution in [0, 0.1) is 0 Å². The van der Waals surface area contributed by atoms with Crippen LogP contribution in [-0.4, -0.2) is 19.9 Å². The van der Waals surface area contributed by atoms with Crippen LogP contribution in [0.15, 0.2) is 73.1 Å². The van der Waals surface area contributed by atoms with E-state index in [2.05, 4.69) is 20.6 Å². The lowest BCUT2D eigenvalue weighted by atomic mass is 9.95. The number of nitrogens with zero attached hydrogens (tertiary/aromatic N) is 4. The smallest absolute Gasteiger partial charge is 0.227 e. The second kappa shape index (κ2) is 7.08. The molecule has 1 aliphatic rings. The zero-order chi connectivity index (χ0) is 18.8. The SMILES string of the molecule is c1ccc(Nc2ncc3c(n2)CCc2cnc(Nc4ccccc4)nc2-3)cc1. The maximum Gasteiger partial charge on any atom is 0.227 e. The van der Waals surface area contributed by atoms with Crippen LogP contribution >= 0.6 is 0 Å². The number of rotatable bonds is 4. The van der Waals surface area contributed by atoms with E-state index in [0.29, 0.717) is 11.9 Å². The summed E-state index contributed by atoms with van der Waals surface area (Å²) in [5.41, 5.74) is 5.93. The van der Waals surface area contributed by atoms with E-state index in [1.165, 1.54) is 0 Å². The van der Waals surface area contributed by atoms with E-state index < -0.39 is 0 Å². The Labute approximate surface area is 162 Å². The van der Waals surface area contributed by atoms with Gasteiger partial charge in [0.05, 0.1) is 11.4 Å². The number of hydrogen-bond acceptors (Lipinski definition) is 6. The molecule has 2 N–H and O–H groups in total. The first-order valence-electron chi connectivity index (χ1n) is 9.21. The van der Waals surface area contributed by atoms with Gasteiger partial charge in [0.15, 0.2) is 0 Å². The van der Waals surface area contributed by atoms with Crippen molar-refractivity contribution in [2.24, 2.45) is 0 Å². The Morgan fingerprint density at radius 2 is 1.25 bits per heavy atom. The van der Waals surface area contributed by atoms with Gasteiger partial charge in [0.2, 0.25) is 11.9 Å². The first-order valence-corrected chi connectivity index (χ1v) is 9.21. The first kappa shape index (κ1) is 16.4. The summed E-state index contributed by atoms with van der Waals surface area (Å²) in [6, 6.07) is 19.8. The highest BCUT2D eigenvalue weighted by Crippen LogP contribution is 2.32. The van der Waals surface area contributed by atoms with Crippen LogP contribution in [0.4, 0.5) is 23.3 Å². The van der Waals surface area contributed by atoms with Crippen LogP contribution in [0.3, 0.4) is 0 Å². The predicted molar refractivity (Wildman–Crippen MR) is 110 cm³/mol. The molecule has 0 aliphatic heterocycles. The number of fused-ring (bicyclic) bond motifs is 3. The molecule has 0 unspecified atom stereocenters. The molecule has 0 atom stereocenters. The quantitative estimate of drug-likeness (QED) is 0.553. The van der Waals surface area contributed by atoms with Crippen LogP contribution in [0.5, 0.6) is 0 Å². The minimum absolute atomic E-state index is 0.573. The minimum Gasteiger partial charge on any atom is -0.324 e. The van der Waals surface area contributed by atoms with Gasteiger partial charge in [-0.2, -0.15) is 0 Å². The lowest BCUT2D eigenvalue weighted by Gasteiger charge is -2.19. The van der Waals surface area contributed by atoms with Gasteiger partial charge in [-0.15, -0.1) is 0 Å². The van der Waals surface area contributed by atoms with Crippen molar-refractivity contribution < 1.29 is 0 Å². The number of aromatic nitrogens is 4. The highest BCUT2D eigenvalue weighted by molar-refractivity contribution is 5.70. The lowest BCUT2D eigenvalue weighted by Crippen LogP contribution is -2.12. The van der Waals surface area contributed by atoms with Crippen molar-refractivity contribution in [1.82, 2.24) is 19.9 Å². The number of para-hydroxylation sites is 2. The molecule has 0 spiro atoms. The minimum atomic E-state index is 0.573. The zero-order valence-corrected chi connectivity index (χ0v) is 15.1. The average molecular weight is 366 g/mol. The number of aryl methyl sites for hydroxylation is 2. The maximum absolute atomic E-state index is 4.74. The Morgan fingerprint density at radius 3 is 1.93 bits per heavy atom. The van der Waals surface area contributed by atoms with E-state index in [1.807, 2.05) is 73.1 Å². The van der Waals surface area contributed by atoms with Gasteiger partial charge < -0.3 is 10.6 Å². The molecule has 4 aromatic rings. The van der Waals surface area contributed by atoms with Crippen molar-refractivity contribution in [3.05, 3.63) is 84.3 Å². The molecule has 0 saturated carbocycles. The fourth-order valence-corrected chi connectivity index (χ4v) is 3.30. The third-order valence-electron chi connectivity index (χ3n) is 4.68. The molecule has 0 radical (unpaired) electrons. The van der Waals surface area contributed by atoms with Crippen LogP contribution < -0.4 is 10.6 Å². The first-order chi connectivity index (χ1) is 13.8. The average Bonchev–Trinajstić information content (AvgIpc) is 2.75. The van der Waals surface area contributed by atoms with Gasteiger partial charge in [0, 0.05) is 29.3 Å². The molecule has 0 saturated heterocycles. The standard InChI is InChI=1S/C22H18N6/c1-3-7-16(8-4-1)25-21-24-14-18-19(27-21)12-11-15-13-23-22(28-20(15)18)26-17-9-5-2-6-10-17/h1-10,13-14H,11-12H2,(H,23,26,28)(H,24,25,27). The molecule has 2 aromatic carbocycles. The summed E-state index contributed by atoms with van der Waals surface area (Å²) in [6.45, 7) is 0. The fraction of sp³-hybridized carbons (Fsp3) is 0.0909. The zero-order valence-electron chi connectivity index (χ0n) is 15.1. The number of nitrogens with one attached hydrogen (secondary N) is 2. The van der Waals surface area contributed by atoms with Crippen molar-refractivity contribution in [3.63, 3.8) is 0 Å². The molecule has 0 bridgehead atoms. The van der Waals surface area contributed by atoms with E-state index in [9.17, 15) is 0 Å². The summed E-state index contributed by atoms with van der Waals surface area (Å²) < 4.78 is 0. The molecule has 6 nitrogen and oxygen atoms in total. The van der Waals surface area contributed by atoms with Gasteiger partial charge in [-0.3, -0.25) is 0 Å². The highest BCUT2D eigenvalue weighted by Gasteiger charge is 2.21. The van der Waals surface area contributed by atoms with E-state index in [1.54, 1.807) is 0 Å². The Bertz CT molecular complexity index is 1110. The van der Waals surface area contributed by atoms with Gasteiger partial charge in [-0.05, 0) is 42.7 Å². The van der Waals surface area contributed by atoms with E-state index in [0.717, 1.165) is 46.7 Å². The van der Waals surface area contributed by atoms with Gasteiger partial charge in [0.1, 0.15) is 0 Å². The highest BCUT2D eigenvalue weighted by atomic mass is 15.1. The molecular weight excluding hydrogens is 348 g/mol. The molecule has 0 amide bonds. The van der Waals surface area contributed by atoms with E-state index >= 15 is 0 Å². The van der Waals surface area contributed by atoms with Crippen LogP contribution in [-0.2, 0) is 12.8 Å². The monoisotopic (exact) mass is 366 g/mol. The normalized spacial score (nSPS) is 12.0. The summed E-state index contributed by atoms with van der Waals surface area (Å²) in [6.07, 6.45) is 5.47. The van der Waals surface area contributed by atoms with Crippen LogP contribution in [0.1, 0.15) is 11.3 Å². The predicted octanol–water partition coefficient (Wildman–Crippen LogP) is 4.52. The van der Waals surface area contributed by atoms with E-state index in [-0.39, 0.29) is 0 Å². The third-order valence-corrected chi connectivity index (χ3v) is 4.68. The molecule has 0 fully saturated rings. The van der Waals surface area contributed by atoms with Gasteiger partial charge >= 0.3 is 0 Å². The second-order valence-corrected chi connectivity index (χ2v) is 6.60. The molecule has 28 heavy (non-hydrogen) atoms. The Kier molecular flexibility index (Phi) is 4.14. The number of anilines is 4. The Morgan fingerprint density at radius 1 is 0.643 bits per heavy atom. The van der Waals surface area contributed by atoms with Crippen LogP contribution in [0.25, 0.3) is 11.3 Å². The molecule has 1 aliphatic carbocycles. The van der Waals surface area contributed by atoms with Gasteiger partial charge in [0.25, 0.3) is 0 Å². The molecule has 5 rings (SSSR count). The number of hydrogen-bond donors (Lipinski definition) is 2. The van der Waals surface area contributed by atoms with Crippen LogP contribution in [0.2, 0.25) is 0 Å². The second-order valence-electron chi connectivity index (χ2n) is 6.60. The molecule has 2 aromatic heterocycles. The topological polar surface area (TPSA) is 75.6 Å². The lowest BCUT2D eigenvalue weighted by molar-refractivity contribution is 0.866. The molecule has 6 heteroatoms. The van der Waals surface area contributed by atoms with Crippen molar-refractivity contribution in [3.8, 4) is 11.3 Å². The van der Waals surface area contributed by atoms with Crippen molar-refractivity contribution in [2.75, 3.05) is 10.6 Å². The maximum atomic E-state index is 4.74. The summed E-state index contributed by atoms with van der Waals surface area (Å²) in [5.74, 6) is 1.18. The van der Waals surface area contributed by atoms with Crippen molar-refractivity contribution in [1.29, 1.82) is 0 Å². The van der Waals surface area contributed by atoms with E-state index in [4.69, 9.17) is 9.97 Å². The third kappa shape index (κ3) is 3.27.